The molecule has 84 valence electrons. The highest BCUT2D eigenvalue weighted by atomic mass is 127. The normalized spacial score (nSPS) is 10.4. The summed E-state index contributed by atoms with van der Waals surface area (Å²) in [4.78, 5) is 4.16. The summed E-state index contributed by atoms with van der Waals surface area (Å²) in [7, 11) is 0. The van der Waals surface area contributed by atoms with Gasteiger partial charge >= 0.3 is 0 Å². The number of rotatable bonds is 4. The van der Waals surface area contributed by atoms with Crippen LogP contribution in [0.3, 0.4) is 0 Å². The van der Waals surface area contributed by atoms with E-state index in [1.165, 1.54) is 3.57 Å². The van der Waals surface area contributed by atoms with Crippen molar-refractivity contribution in [2.24, 2.45) is 0 Å². The maximum atomic E-state index is 5.64. The Morgan fingerprint density at radius 3 is 2.69 bits per heavy atom. The minimum Gasteiger partial charge on any atom is -0.492 e. The number of aromatic nitrogens is 2. The summed E-state index contributed by atoms with van der Waals surface area (Å²) in [5.74, 6) is 1.93. The minimum absolute atomic E-state index is 0.664. The molecule has 0 aliphatic heterocycles. The number of benzene rings is 1. The zero-order valence-electron chi connectivity index (χ0n) is 9.06. The summed E-state index contributed by atoms with van der Waals surface area (Å²) in [5.41, 5.74) is 0. The molecule has 0 aliphatic carbocycles. The molecule has 0 atom stereocenters. The summed E-state index contributed by atoms with van der Waals surface area (Å²) < 4.78 is 8.93. The smallest absolute Gasteiger partial charge is 0.119 e. The van der Waals surface area contributed by atoms with E-state index in [1.54, 1.807) is 6.20 Å². The van der Waals surface area contributed by atoms with Crippen LogP contribution >= 0.6 is 22.6 Å². The number of ether oxygens (including phenoxy) is 1. The molecule has 3 nitrogen and oxygen atoms in total. The molecule has 16 heavy (non-hydrogen) atoms. The van der Waals surface area contributed by atoms with Crippen molar-refractivity contribution < 1.29 is 4.74 Å². The van der Waals surface area contributed by atoms with E-state index >= 15 is 0 Å². The Balaban J connectivity index is 1.84. The highest BCUT2D eigenvalue weighted by Gasteiger charge is 1.97. The summed E-state index contributed by atoms with van der Waals surface area (Å²) in [6.45, 7) is 3.49. The third-order valence-corrected chi connectivity index (χ3v) is 3.06. The van der Waals surface area contributed by atoms with Crippen molar-refractivity contribution >= 4 is 22.6 Å². The monoisotopic (exact) mass is 328 g/mol. The number of halogens is 1. The number of hydrogen-bond donors (Lipinski definition) is 0. The van der Waals surface area contributed by atoms with Crippen molar-refractivity contribution in [2.75, 3.05) is 6.61 Å². The van der Waals surface area contributed by atoms with Crippen LogP contribution in [0.1, 0.15) is 5.82 Å². The van der Waals surface area contributed by atoms with E-state index in [4.69, 9.17) is 4.74 Å². The van der Waals surface area contributed by atoms with Crippen LogP contribution < -0.4 is 4.74 Å². The molecule has 0 radical (unpaired) electrons. The fourth-order valence-corrected chi connectivity index (χ4v) is 1.79. The van der Waals surface area contributed by atoms with E-state index in [0.717, 1.165) is 18.1 Å². The highest BCUT2D eigenvalue weighted by molar-refractivity contribution is 14.1. The topological polar surface area (TPSA) is 27.1 Å². The van der Waals surface area contributed by atoms with Gasteiger partial charge < -0.3 is 9.30 Å². The second-order valence-electron chi connectivity index (χ2n) is 3.47. The number of nitrogens with zero attached hydrogens (tertiary/aromatic N) is 2. The molecule has 2 aromatic rings. The Morgan fingerprint density at radius 1 is 1.31 bits per heavy atom. The van der Waals surface area contributed by atoms with Crippen molar-refractivity contribution in [3.63, 3.8) is 0 Å². The van der Waals surface area contributed by atoms with Gasteiger partial charge in [-0.25, -0.2) is 4.98 Å². The first-order valence-corrected chi connectivity index (χ1v) is 6.20. The summed E-state index contributed by atoms with van der Waals surface area (Å²) in [6, 6.07) is 8.06. The van der Waals surface area contributed by atoms with Crippen LogP contribution in [-0.4, -0.2) is 16.2 Å². The number of aryl methyl sites for hydroxylation is 1. The van der Waals surface area contributed by atoms with Crippen LogP contribution in [0.5, 0.6) is 5.75 Å². The van der Waals surface area contributed by atoms with Crippen molar-refractivity contribution in [2.45, 2.75) is 13.5 Å². The summed E-state index contributed by atoms with van der Waals surface area (Å²) >= 11 is 2.28. The zero-order valence-corrected chi connectivity index (χ0v) is 11.2. The standard InChI is InChI=1S/C12H13IN2O/c1-10-14-6-7-15(10)8-9-16-12-4-2-11(13)3-5-12/h2-7H,8-9H2,1H3. The Bertz CT molecular complexity index is 450. The number of imidazole rings is 1. The molecule has 1 heterocycles. The summed E-state index contributed by atoms with van der Waals surface area (Å²) in [5, 5.41) is 0. The third kappa shape index (κ3) is 2.98. The first-order valence-electron chi connectivity index (χ1n) is 5.12. The van der Waals surface area contributed by atoms with Crippen molar-refractivity contribution in [1.29, 1.82) is 0 Å². The predicted octanol–water partition coefficient (Wildman–Crippen LogP) is 2.88. The minimum atomic E-state index is 0.664. The SMILES string of the molecule is Cc1nccn1CCOc1ccc(I)cc1. The zero-order chi connectivity index (χ0) is 11.4. The molecule has 4 heteroatoms. The van der Waals surface area contributed by atoms with E-state index < -0.39 is 0 Å². The highest BCUT2D eigenvalue weighted by Crippen LogP contribution is 2.13. The first-order chi connectivity index (χ1) is 7.75. The molecule has 0 amide bonds. The van der Waals surface area contributed by atoms with Gasteiger partial charge in [-0.3, -0.25) is 0 Å². The van der Waals surface area contributed by atoms with Gasteiger partial charge in [0, 0.05) is 16.0 Å². The molecule has 0 spiro atoms. The molecule has 0 saturated heterocycles. The van der Waals surface area contributed by atoms with E-state index in [9.17, 15) is 0 Å². The van der Waals surface area contributed by atoms with Crippen LogP contribution in [0, 0.1) is 10.5 Å². The van der Waals surface area contributed by atoms with Gasteiger partial charge in [-0.2, -0.15) is 0 Å². The molecular formula is C12H13IN2O. The molecule has 0 saturated carbocycles. The molecule has 0 bridgehead atoms. The lowest BCUT2D eigenvalue weighted by Crippen LogP contribution is -2.08. The fourth-order valence-electron chi connectivity index (χ4n) is 1.43. The molecule has 0 N–H and O–H groups in total. The van der Waals surface area contributed by atoms with Gasteiger partial charge in [0.2, 0.25) is 0 Å². The molecule has 0 fully saturated rings. The molecule has 2 rings (SSSR count). The second kappa shape index (κ2) is 5.34. The molecule has 0 unspecified atom stereocenters. The van der Waals surface area contributed by atoms with E-state index in [2.05, 4.69) is 32.1 Å². The lowest BCUT2D eigenvalue weighted by molar-refractivity contribution is 0.297. The average Bonchev–Trinajstić information content (AvgIpc) is 2.68. The fraction of sp³-hybridized carbons (Fsp3) is 0.250. The molecular weight excluding hydrogens is 315 g/mol. The largest absolute Gasteiger partial charge is 0.492 e. The number of hydrogen-bond acceptors (Lipinski definition) is 2. The third-order valence-electron chi connectivity index (χ3n) is 2.34. The predicted molar refractivity (Wildman–Crippen MR) is 71.6 cm³/mol. The first kappa shape index (κ1) is 11.4. The van der Waals surface area contributed by atoms with Crippen LogP contribution in [0.2, 0.25) is 0 Å². The molecule has 1 aromatic heterocycles. The van der Waals surface area contributed by atoms with Crippen LogP contribution in [0.15, 0.2) is 36.7 Å². The Hall–Kier alpha value is -1.04. The quantitative estimate of drug-likeness (QED) is 0.807. The van der Waals surface area contributed by atoms with E-state index in [-0.39, 0.29) is 0 Å². The van der Waals surface area contributed by atoms with E-state index in [1.807, 2.05) is 37.4 Å². The maximum absolute atomic E-state index is 5.64. The van der Waals surface area contributed by atoms with Gasteiger partial charge in [0.15, 0.2) is 0 Å². The van der Waals surface area contributed by atoms with Crippen molar-refractivity contribution in [1.82, 2.24) is 9.55 Å². The van der Waals surface area contributed by atoms with E-state index in [0.29, 0.717) is 6.61 Å². The van der Waals surface area contributed by atoms with Gasteiger partial charge in [0.25, 0.3) is 0 Å². The van der Waals surface area contributed by atoms with Gasteiger partial charge in [0.05, 0.1) is 6.54 Å². The second-order valence-corrected chi connectivity index (χ2v) is 4.72. The lowest BCUT2D eigenvalue weighted by Gasteiger charge is -2.07. The summed E-state index contributed by atoms with van der Waals surface area (Å²) in [6.07, 6.45) is 3.77. The maximum Gasteiger partial charge on any atom is 0.119 e. The Kier molecular flexibility index (Phi) is 3.82. The van der Waals surface area contributed by atoms with Gasteiger partial charge in [0.1, 0.15) is 18.2 Å². The van der Waals surface area contributed by atoms with Gasteiger partial charge in [-0.1, -0.05) is 0 Å². The van der Waals surface area contributed by atoms with Crippen molar-refractivity contribution in [3.05, 3.63) is 46.1 Å². The Morgan fingerprint density at radius 2 is 2.06 bits per heavy atom. The van der Waals surface area contributed by atoms with Crippen LogP contribution in [-0.2, 0) is 6.54 Å². The Labute approximate surface area is 109 Å². The van der Waals surface area contributed by atoms with Gasteiger partial charge in [-0.05, 0) is 53.8 Å². The van der Waals surface area contributed by atoms with Crippen molar-refractivity contribution in [3.8, 4) is 5.75 Å². The van der Waals surface area contributed by atoms with Gasteiger partial charge in [-0.15, -0.1) is 0 Å². The molecule has 0 aliphatic rings. The average molecular weight is 328 g/mol. The lowest BCUT2D eigenvalue weighted by atomic mass is 10.3. The molecule has 1 aromatic carbocycles. The van der Waals surface area contributed by atoms with Crippen LogP contribution in [0.25, 0.3) is 0 Å². The van der Waals surface area contributed by atoms with Crippen LogP contribution in [0.4, 0.5) is 0 Å².